The summed E-state index contributed by atoms with van der Waals surface area (Å²) in [5.74, 6) is -0.625. The number of aliphatic imine (C=N–C) groups is 1. The van der Waals surface area contributed by atoms with Crippen LogP contribution in [0, 0.1) is 6.92 Å². The second kappa shape index (κ2) is 13.8. The molecule has 8 nitrogen and oxygen atoms in total. The van der Waals surface area contributed by atoms with Crippen LogP contribution in [0.5, 0.6) is 11.5 Å². The molecule has 12 heteroatoms. The van der Waals surface area contributed by atoms with Crippen LogP contribution in [0.2, 0.25) is 0 Å². The first-order chi connectivity index (χ1) is 20.4. The number of rotatable bonds is 9. The summed E-state index contributed by atoms with van der Waals surface area (Å²) in [5, 5.41) is 3.11. The number of alkyl halides is 3. The number of halogens is 3. The largest absolute Gasteiger partial charge is 0.573 e. The first kappa shape index (κ1) is 31.6. The summed E-state index contributed by atoms with van der Waals surface area (Å²) < 4.78 is 45.8. The number of anilines is 1. The Morgan fingerprint density at radius 3 is 2.30 bits per heavy atom. The van der Waals surface area contributed by atoms with Crippen molar-refractivity contribution in [2.75, 3.05) is 17.2 Å². The van der Waals surface area contributed by atoms with Crippen molar-refractivity contribution in [3.63, 3.8) is 0 Å². The molecule has 1 aliphatic rings. The zero-order valence-electron chi connectivity index (χ0n) is 23.7. The van der Waals surface area contributed by atoms with E-state index in [9.17, 15) is 27.6 Å². The van der Waals surface area contributed by atoms with Crippen LogP contribution in [0.15, 0.2) is 71.7 Å². The van der Waals surface area contributed by atoms with Gasteiger partial charge in [-0.1, -0.05) is 62.0 Å². The first-order valence-corrected chi connectivity index (χ1v) is 14.4. The van der Waals surface area contributed by atoms with Gasteiger partial charge in [-0.05, 0) is 71.8 Å². The van der Waals surface area contributed by atoms with Crippen LogP contribution in [0.25, 0.3) is 0 Å². The van der Waals surface area contributed by atoms with Crippen LogP contribution in [0.3, 0.4) is 0 Å². The lowest BCUT2D eigenvalue weighted by Crippen LogP contribution is -2.32. The predicted molar refractivity (Wildman–Crippen MR) is 159 cm³/mol. The fourth-order valence-corrected chi connectivity index (χ4v) is 5.18. The SMILES string of the molecule is Cc1ccc(C(C)C)c(N2C(=O)CSC2=NC(=O)NCCc2ccc(CC(=O)Oc3ccc(OC(F)(F)F)cc3)cc2)c1. The third-order valence-corrected chi connectivity index (χ3v) is 7.29. The third kappa shape index (κ3) is 9.08. The van der Waals surface area contributed by atoms with Gasteiger partial charge in [0.1, 0.15) is 11.5 Å². The molecule has 4 rings (SSSR count). The highest BCUT2D eigenvalue weighted by Gasteiger charge is 2.33. The summed E-state index contributed by atoms with van der Waals surface area (Å²) in [4.78, 5) is 43.3. The topological polar surface area (TPSA) is 97.3 Å². The average Bonchev–Trinajstić information content (AvgIpc) is 3.29. The maximum absolute atomic E-state index is 12.7. The number of thioether (sulfide) groups is 1. The number of nitrogens with zero attached hydrogens (tertiary/aromatic N) is 2. The van der Waals surface area contributed by atoms with Gasteiger partial charge in [0.2, 0.25) is 5.91 Å². The lowest BCUT2D eigenvalue weighted by Gasteiger charge is -2.22. The smallest absolute Gasteiger partial charge is 0.426 e. The Bertz CT molecular complexity index is 1510. The minimum absolute atomic E-state index is 0.0400. The first-order valence-electron chi connectivity index (χ1n) is 13.4. The van der Waals surface area contributed by atoms with E-state index in [1.54, 1.807) is 12.1 Å². The summed E-state index contributed by atoms with van der Waals surface area (Å²) in [6.07, 6.45) is -4.33. The molecular formula is C31H30F3N3O5S. The maximum Gasteiger partial charge on any atom is 0.573 e. The Hall–Kier alpha value is -4.32. The molecule has 0 radical (unpaired) electrons. The fourth-order valence-electron chi connectivity index (χ4n) is 4.32. The van der Waals surface area contributed by atoms with E-state index in [1.165, 1.54) is 28.8 Å². The van der Waals surface area contributed by atoms with Crippen molar-refractivity contribution >= 4 is 40.5 Å². The standard InChI is InChI=1S/C31H30F3N3O5S/c1-19(2)25-13-4-20(3)16-26(25)37-27(38)18-43-30(37)36-29(40)35-15-14-21-5-7-22(8-6-21)17-28(39)41-23-9-11-24(12-10-23)42-31(32,33)34/h4-13,16,19H,14-15,17-18H2,1-3H3,(H,35,40). The van der Waals surface area contributed by atoms with Crippen LogP contribution in [0.1, 0.15) is 42.0 Å². The molecule has 1 saturated heterocycles. The van der Waals surface area contributed by atoms with Crippen LogP contribution in [-0.2, 0) is 22.4 Å². The molecule has 0 saturated carbocycles. The van der Waals surface area contributed by atoms with Crippen molar-refractivity contribution in [3.05, 3.63) is 89.0 Å². The second-order valence-electron chi connectivity index (χ2n) is 10.1. The Morgan fingerprint density at radius 2 is 1.65 bits per heavy atom. The minimum Gasteiger partial charge on any atom is -0.426 e. The number of nitrogens with one attached hydrogen (secondary N) is 1. The van der Waals surface area contributed by atoms with Gasteiger partial charge in [0.15, 0.2) is 5.17 Å². The molecule has 0 bridgehead atoms. The molecule has 1 fully saturated rings. The van der Waals surface area contributed by atoms with Crippen molar-refractivity contribution in [1.82, 2.24) is 5.32 Å². The van der Waals surface area contributed by atoms with Crippen molar-refractivity contribution in [2.24, 2.45) is 4.99 Å². The summed E-state index contributed by atoms with van der Waals surface area (Å²) >= 11 is 1.23. The zero-order valence-corrected chi connectivity index (χ0v) is 24.6. The van der Waals surface area contributed by atoms with Crippen molar-refractivity contribution in [2.45, 2.75) is 45.9 Å². The Morgan fingerprint density at radius 1 is 1.00 bits per heavy atom. The molecule has 3 amide bonds. The normalized spacial score (nSPS) is 14.3. The summed E-state index contributed by atoms with van der Waals surface area (Å²) in [6.45, 7) is 6.36. The minimum atomic E-state index is -4.80. The molecule has 0 aliphatic carbocycles. The van der Waals surface area contributed by atoms with Gasteiger partial charge in [0, 0.05) is 6.54 Å². The maximum atomic E-state index is 12.7. The lowest BCUT2D eigenvalue weighted by atomic mass is 9.99. The molecular weight excluding hydrogens is 583 g/mol. The Balaban J connectivity index is 1.27. The number of hydrogen-bond donors (Lipinski definition) is 1. The monoisotopic (exact) mass is 613 g/mol. The highest BCUT2D eigenvalue weighted by Crippen LogP contribution is 2.34. The van der Waals surface area contributed by atoms with E-state index in [-0.39, 0.29) is 29.7 Å². The van der Waals surface area contributed by atoms with Crippen molar-refractivity contribution in [1.29, 1.82) is 0 Å². The number of amidine groups is 1. The highest BCUT2D eigenvalue weighted by atomic mass is 32.2. The molecule has 1 heterocycles. The number of ether oxygens (including phenoxy) is 2. The molecule has 0 atom stereocenters. The molecule has 1 aliphatic heterocycles. The van der Waals surface area contributed by atoms with Gasteiger partial charge in [0.25, 0.3) is 0 Å². The van der Waals surface area contributed by atoms with Crippen LogP contribution in [-0.4, -0.2) is 41.7 Å². The number of urea groups is 1. The number of benzene rings is 3. The van der Waals surface area contributed by atoms with Crippen molar-refractivity contribution < 1.29 is 37.0 Å². The number of aryl methyl sites for hydroxylation is 1. The van der Waals surface area contributed by atoms with E-state index in [4.69, 9.17) is 4.74 Å². The molecule has 0 unspecified atom stereocenters. The number of carbonyl (C=O) groups is 3. The van der Waals surface area contributed by atoms with Crippen molar-refractivity contribution in [3.8, 4) is 11.5 Å². The third-order valence-electron chi connectivity index (χ3n) is 6.36. The van der Waals surface area contributed by atoms with Gasteiger partial charge >= 0.3 is 18.4 Å². The molecule has 3 aromatic rings. The van der Waals surface area contributed by atoms with Crippen LogP contribution < -0.4 is 19.7 Å². The van der Waals surface area contributed by atoms with E-state index < -0.39 is 24.1 Å². The number of esters is 1. The van der Waals surface area contributed by atoms with E-state index >= 15 is 0 Å². The van der Waals surface area contributed by atoms with Crippen LogP contribution >= 0.6 is 11.8 Å². The fraction of sp³-hybridized carbons (Fsp3) is 0.290. The Kier molecular flexibility index (Phi) is 10.1. The Labute approximate surface area is 251 Å². The summed E-state index contributed by atoms with van der Waals surface area (Å²) in [5.41, 5.74) is 4.35. The summed E-state index contributed by atoms with van der Waals surface area (Å²) in [6, 6.07) is 17.1. The zero-order chi connectivity index (χ0) is 31.1. The van der Waals surface area contributed by atoms with E-state index in [1.807, 2.05) is 51.1 Å². The van der Waals surface area contributed by atoms with Crippen LogP contribution in [0.4, 0.5) is 23.7 Å². The van der Waals surface area contributed by atoms with Gasteiger partial charge in [-0.2, -0.15) is 4.99 Å². The quantitative estimate of drug-likeness (QED) is 0.217. The highest BCUT2D eigenvalue weighted by molar-refractivity contribution is 8.15. The predicted octanol–water partition coefficient (Wildman–Crippen LogP) is 6.55. The molecule has 1 N–H and O–H groups in total. The number of hydrogen-bond acceptors (Lipinski definition) is 6. The van der Waals surface area contributed by atoms with E-state index in [0.717, 1.165) is 34.5 Å². The summed E-state index contributed by atoms with van der Waals surface area (Å²) in [7, 11) is 0. The molecule has 43 heavy (non-hydrogen) atoms. The van der Waals surface area contributed by atoms with Gasteiger partial charge in [-0.25, -0.2) is 4.79 Å². The number of amides is 3. The molecule has 0 aromatic heterocycles. The molecule has 226 valence electrons. The van der Waals surface area contributed by atoms with Gasteiger partial charge in [-0.15, -0.1) is 13.2 Å². The second-order valence-corrected chi connectivity index (χ2v) is 11.0. The lowest BCUT2D eigenvalue weighted by molar-refractivity contribution is -0.274. The molecule has 3 aromatic carbocycles. The van der Waals surface area contributed by atoms with Gasteiger partial charge < -0.3 is 14.8 Å². The molecule has 0 spiro atoms. The number of carbonyl (C=O) groups excluding carboxylic acids is 3. The average molecular weight is 614 g/mol. The van der Waals surface area contributed by atoms with Gasteiger partial charge in [0.05, 0.1) is 17.9 Å². The van der Waals surface area contributed by atoms with E-state index in [2.05, 4.69) is 15.0 Å². The van der Waals surface area contributed by atoms with Gasteiger partial charge in [-0.3, -0.25) is 14.5 Å². The van der Waals surface area contributed by atoms with E-state index in [0.29, 0.717) is 23.7 Å².